The van der Waals surface area contributed by atoms with Crippen LogP contribution in [0.15, 0.2) is 36.7 Å². The van der Waals surface area contributed by atoms with Crippen molar-refractivity contribution < 1.29 is 19.1 Å². The van der Waals surface area contributed by atoms with Crippen LogP contribution in [-0.4, -0.2) is 41.1 Å². The molecule has 2 aromatic rings. The number of benzene rings is 1. The summed E-state index contributed by atoms with van der Waals surface area (Å²) in [6.45, 7) is 0. The lowest BCUT2D eigenvalue weighted by Gasteiger charge is -2.29. The molecule has 8 heteroatoms. The molecule has 0 aliphatic heterocycles. The monoisotopic (exact) mass is 389 g/mol. The van der Waals surface area contributed by atoms with Crippen LogP contribution in [0.2, 0.25) is 5.02 Å². The van der Waals surface area contributed by atoms with E-state index in [9.17, 15) is 9.59 Å². The van der Waals surface area contributed by atoms with Crippen LogP contribution in [0.1, 0.15) is 46.4 Å². The molecule has 0 atom stereocenters. The molecule has 1 aliphatic carbocycles. The average Bonchev–Trinajstić information content (AvgIpc) is 2.70. The first kappa shape index (κ1) is 19.1. The van der Waals surface area contributed by atoms with Gasteiger partial charge in [0.25, 0.3) is 5.91 Å². The van der Waals surface area contributed by atoms with Crippen LogP contribution in [-0.2, 0) is 4.74 Å². The summed E-state index contributed by atoms with van der Waals surface area (Å²) in [7, 11) is 1.29. The number of esters is 1. The van der Waals surface area contributed by atoms with E-state index in [-0.39, 0.29) is 23.6 Å². The summed E-state index contributed by atoms with van der Waals surface area (Å²) in [6.07, 6.45) is 6.07. The van der Waals surface area contributed by atoms with Crippen molar-refractivity contribution in [1.82, 2.24) is 15.3 Å². The lowest BCUT2D eigenvalue weighted by Crippen LogP contribution is -2.40. The Morgan fingerprint density at radius 3 is 2.33 bits per heavy atom. The van der Waals surface area contributed by atoms with E-state index in [1.807, 2.05) is 0 Å². The number of hydrogen-bond acceptors (Lipinski definition) is 6. The Kier molecular flexibility index (Phi) is 6.24. The van der Waals surface area contributed by atoms with Crippen molar-refractivity contribution in [2.24, 2.45) is 0 Å². The summed E-state index contributed by atoms with van der Waals surface area (Å²) in [5.41, 5.74) is 0.576. The van der Waals surface area contributed by atoms with Crippen LogP contribution >= 0.6 is 11.6 Å². The first-order valence-corrected chi connectivity index (χ1v) is 9.07. The molecular weight excluding hydrogens is 370 g/mol. The van der Waals surface area contributed by atoms with Gasteiger partial charge in [0.2, 0.25) is 0 Å². The van der Waals surface area contributed by atoms with Gasteiger partial charge in [0, 0.05) is 6.04 Å². The SMILES string of the molecule is COC(=O)c1ccccc1C(=O)NC1CCC(Oc2ncc(Cl)cn2)CC1. The fourth-order valence-electron chi connectivity index (χ4n) is 3.07. The molecule has 0 radical (unpaired) electrons. The molecule has 1 fully saturated rings. The van der Waals surface area contributed by atoms with Crippen molar-refractivity contribution in [2.45, 2.75) is 37.8 Å². The van der Waals surface area contributed by atoms with Crippen LogP contribution in [0.4, 0.5) is 0 Å². The number of ether oxygens (including phenoxy) is 2. The van der Waals surface area contributed by atoms with Crippen LogP contribution in [0.3, 0.4) is 0 Å². The highest BCUT2D eigenvalue weighted by molar-refractivity contribution is 6.30. The summed E-state index contributed by atoms with van der Waals surface area (Å²) in [5.74, 6) is -0.803. The minimum Gasteiger partial charge on any atom is -0.465 e. The molecule has 0 spiro atoms. The Hall–Kier alpha value is -2.67. The second kappa shape index (κ2) is 8.81. The number of halogens is 1. The fraction of sp³-hybridized carbons (Fsp3) is 0.368. The fourth-order valence-corrected chi connectivity index (χ4v) is 3.17. The molecule has 27 heavy (non-hydrogen) atoms. The quantitative estimate of drug-likeness (QED) is 0.790. The Morgan fingerprint density at radius 2 is 1.70 bits per heavy atom. The summed E-state index contributed by atoms with van der Waals surface area (Å²) in [4.78, 5) is 32.5. The molecule has 1 aromatic heterocycles. The Bertz CT molecular complexity index is 805. The molecule has 0 saturated heterocycles. The molecule has 1 N–H and O–H groups in total. The molecule has 0 unspecified atom stereocenters. The first-order chi connectivity index (χ1) is 13.1. The van der Waals surface area contributed by atoms with Crippen LogP contribution in [0, 0.1) is 0 Å². The third-order valence-corrected chi connectivity index (χ3v) is 4.65. The molecule has 1 aliphatic rings. The number of aromatic nitrogens is 2. The van der Waals surface area contributed by atoms with Gasteiger partial charge in [0.15, 0.2) is 0 Å². The zero-order valence-electron chi connectivity index (χ0n) is 14.9. The number of carbonyl (C=O) groups excluding carboxylic acids is 2. The van der Waals surface area contributed by atoms with E-state index in [1.54, 1.807) is 24.3 Å². The normalized spacial score (nSPS) is 19.2. The number of rotatable bonds is 5. The van der Waals surface area contributed by atoms with Gasteiger partial charge >= 0.3 is 12.0 Å². The lowest BCUT2D eigenvalue weighted by molar-refractivity contribution is 0.0595. The highest BCUT2D eigenvalue weighted by Crippen LogP contribution is 2.23. The van der Waals surface area contributed by atoms with Gasteiger partial charge in [-0.25, -0.2) is 14.8 Å². The molecule has 3 rings (SSSR count). The molecule has 1 amide bonds. The maximum Gasteiger partial charge on any atom is 0.338 e. The second-order valence-electron chi connectivity index (χ2n) is 6.29. The minimum atomic E-state index is -0.527. The third kappa shape index (κ3) is 4.95. The molecular formula is C19H20ClN3O4. The number of hydrogen-bond donors (Lipinski definition) is 1. The zero-order chi connectivity index (χ0) is 19.2. The maximum absolute atomic E-state index is 12.6. The van der Waals surface area contributed by atoms with E-state index in [0.717, 1.165) is 25.7 Å². The standard InChI is InChI=1S/C19H20ClN3O4/c1-26-18(25)16-5-3-2-4-15(16)17(24)23-13-6-8-14(9-7-13)27-19-21-10-12(20)11-22-19/h2-5,10-11,13-14H,6-9H2,1H3,(H,23,24). The van der Waals surface area contributed by atoms with Gasteiger partial charge < -0.3 is 14.8 Å². The van der Waals surface area contributed by atoms with Crippen molar-refractivity contribution in [3.63, 3.8) is 0 Å². The largest absolute Gasteiger partial charge is 0.465 e. The van der Waals surface area contributed by atoms with E-state index < -0.39 is 5.97 Å². The molecule has 0 bridgehead atoms. The Labute approximate surface area is 162 Å². The van der Waals surface area contributed by atoms with Gasteiger partial charge in [-0.1, -0.05) is 23.7 Å². The number of nitrogens with one attached hydrogen (secondary N) is 1. The molecule has 1 aromatic carbocycles. The van der Waals surface area contributed by atoms with E-state index in [0.29, 0.717) is 16.6 Å². The molecule has 1 saturated carbocycles. The van der Waals surface area contributed by atoms with Gasteiger partial charge in [-0.3, -0.25) is 4.79 Å². The van der Waals surface area contributed by atoms with Crippen molar-refractivity contribution in [2.75, 3.05) is 7.11 Å². The lowest BCUT2D eigenvalue weighted by atomic mass is 9.92. The highest BCUT2D eigenvalue weighted by Gasteiger charge is 2.26. The van der Waals surface area contributed by atoms with Crippen molar-refractivity contribution in [1.29, 1.82) is 0 Å². The number of nitrogens with zero attached hydrogens (tertiary/aromatic N) is 2. The number of methoxy groups -OCH3 is 1. The highest BCUT2D eigenvalue weighted by atomic mass is 35.5. The Balaban J connectivity index is 1.54. The van der Waals surface area contributed by atoms with Crippen molar-refractivity contribution in [3.05, 3.63) is 52.8 Å². The van der Waals surface area contributed by atoms with Crippen LogP contribution in [0.25, 0.3) is 0 Å². The Morgan fingerprint density at radius 1 is 1.07 bits per heavy atom. The third-order valence-electron chi connectivity index (χ3n) is 4.46. The van der Waals surface area contributed by atoms with E-state index in [4.69, 9.17) is 21.1 Å². The van der Waals surface area contributed by atoms with E-state index in [1.165, 1.54) is 19.5 Å². The zero-order valence-corrected chi connectivity index (χ0v) is 15.6. The van der Waals surface area contributed by atoms with Crippen LogP contribution < -0.4 is 10.1 Å². The van der Waals surface area contributed by atoms with E-state index in [2.05, 4.69) is 15.3 Å². The van der Waals surface area contributed by atoms with Gasteiger partial charge in [-0.15, -0.1) is 0 Å². The minimum absolute atomic E-state index is 0.00156. The molecule has 1 heterocycles. The summed E-state index contributed by atoms with van der Waals surface area (Å²) >= 11 is 5.76. The predicted molar refractivity (Wildman–Crippen MR) is 99.0 cm³/mol. The average molecular weight is 390 g/mol. The van der Waals surface area contributed by atoms with Gasteiger partial charge in [-0.05, 0) is 37.8 Å². The number of carbonyl (C=O) groups is 2. The smallest absolute Gasteiger partial charge is 0.338 e. The molecule has 7 nitrogen and oxygen atoms in total. The van der Waals surface area contributed by atoms with Crippen LogP contribution in [0.5, 0.6) is 6.01 Å². The summed E-state index contributed by atoms with van der Waals surface area (Å²) in [6, 6.07) is 6.95. The van der Waals surface area contributed by atoms with Gasteiger partial charge in [-0.2, -0.15) is 0 Å². The maximum atomic E-state index is 12.6. The van der Waals surface area contributed by atoms with Crippen molar-refractivity contribution in [3.8, 4) is 6.01 Å². The second-order valence-corrected chi connectivity index (χ2v) is 6.72. The molecule has 142 valence electrons. The predicted octanol–water partition coefficient (Wildman–Crippen LogP) is 3.04. The van der Waals surface area contributed by atoms with Gasteiger partial charge in [0.1, 0.15) is 6.10 Å². The topological polar surface area (TPSA) is 90.4 Å². The van der Waals surface area contributed by atoms with Crippen molar-refractivity contribution >= 4 is 23.5 Å². The van der Waals surface area contributed by atoms with E-state index >= 15 is 0 Å². The summed E-state index contributed by atoms with van der Waals surface area (Å²) in [5, 5.41) is 3.45. The summed E-state index contributed by atoms with van der Waals surface area (Å²) < 4.78 is 10.5. The first-order valence-electron chi connectivity index (χ1n) is 8.69. The van der Waals surface area contributed by atoms with Gasteiger partial charge in [0.05, 0.1) is 35.7 Å². The number of amides is 1.